The second kappa shape index (κ2) is 10.9. The molecule has 4 N–H and O–H groups in total. The number of carbonyl (C=O) groups is 1. The predicted molar refractivity (Wildman–Crippen MR) is 148 cm³/mol. The van der Waals surface area contributed by atoms with E-state index in [1.54, 1.807) is 6.20 Å². The number of nitrogen functional groups attached to an aromatic ring is 1. The molecule has 0 unspecified atom stereocenters. The Kier molecular flexibility index (Phi) is 7.40. The van der Waals surface area contributed by atoms with Crippen LogP contribution in [-0.2, 0) is 10.2 Å². The van der Waals surface area contributed by atoms with Crippen LogP contribution in [0.3, 0.4) is 0 Å². The molecule has 3 heterocycles. The third kappa shape index (κ3) is 5.19. The number of pyridine rings is 1. The fraction of sp³-hybridized carbons (Fsp3) is 0.600. The zero-order valence-corrected chi connectivity index (χ0v) is 22.3. The zero-order chi connectivity index (χ0) is 26.1. The van der Waals surface area contributed by atoms with Gasteiger partial charge in [0.05, 0.1) is 24.9 Å². The van der Waals surface area contributed by atoms with Gasteiger partial charge in [0.15, 0.2) is 0 Å². The number of ether oxygens (including phenoxy) is 1. The molecule has 38 heavy (non-hydrogen) atoms. The van der Waals surface area contributed by atoms with E-state index in [-0.39, 0.29) is 29.3 Å². The van der Waals surface area contributed by atoms with Crippen LogP contribution in [0.15, 0.2) is 36.5 Å². The van der Waals surface area contributed by atoms with Crippen molar-refractivity contribution in [3.05, 3.63) is 47.7 Å². The van der Waals surface area contributed by atoms with Crippen molar-refractivity contribution < 1.29 is 14.6 Å². The highest BCUT2D eigenvalue weighted by Crippen LogP contribution is 2.53. The molecule has 2 aliphatic heterocycles. The molecule has 0 bridgehead atoms. The topological polar surface area (TPSA) is 104 Å². The van der Waals surface area contributed by atoms with Crippen LogP contribution in [0.1, 0.15) is 54.4 Å². The highest BCUT2D eigenvalue weighted by Gasteiger charge is 2.53. The van der Waals surface area contributed by atoms with Crippen LogP contribution in [0, 0.1) is 5.92 Å². The minimum absolute atomic E-state index is 0.0720. The number of fused-ring (bicyclic) bond motifs is 1. The number of nitrogens with one attached hydrogen (secondary N) is 1. The summed E-state index contributed by atoms with van der Waals surface area (Å²) in [5, 5.41) is 12.8. The van der Waals surface area contributed by atoms with Gasteiger partial charge in [-0.15, -0.1) is 0 Å². The quantitative estimate of drug-likeness (QED) is 0.517. The van der Waals surface area contributed by atoms with Crippen molar-refractivity contribution in [3.8, 4) is 11.1 Å². The first kappa shape index (κ1) is 25.7. The lowest BCUT2D eigenvalue weighted by Gasteiger charge is -2.45. The van der Waals surface area contributed by atoms with Crippen molar-refractivity contribution in [2.24, 2.45) is 5.92 Å². The third-order valence-corrected chi connectivity index (χ3v) is 9.53. The Hall–Kier alpha value is -2.52. The number of likely N-dealkylation sites (tertiary alicyclic amines) is 1. The van der Waals surface area contributed by atoms with Gasteiger partial charge < -0.3 is 25.8 Å². The van der Waals surface area contributed by atoms with Crippen molar-refractivity contribution in [1.82, 2.24) is 20.1 Å². The number of amides is 1. The summed E-state index contributed by atoms with van der Waals surface area (Å²) in [6, 6.07) is 10.9. The van der Waals surface area contributed by atoms with E-state index in [1.807, 2.05) is 6.07 Å². The molecule has 2 saturated heterocycles. The lowest BCUT2D eigenvalue weighted by molar-refractivity contribution is 0.0342. The Bertz CT molecular complexity index is 1130. The van der Waals surface area contributed by atoms with E-state index in [1.165, 1.54) is 24.9 Å². The number of nitrogens with zero attached hydrogens (tertiary/aromatic N) is 3. The largest absolute Gasteiger partial charge is 0.393 e. The maximum atomic E-state index is 13.0. The van der Waals surface area contributed by atoms with Gasteiger partial charge in [-0.05, 0) is 61.6 Å². The fourth-order valence-corrected chi connectivity index (χ4v) is 6.99. The number of aliphatic hydroxyl groups excluding tert-OH is 1. The Morgan fingerprint density at radius 1 is 1.05 bits per heavy atom. The number of morpholine rings is 1. The van der Waals surface area contributed by atoms with Gasteiger partial charge >= 0.3 is 0 Å². The molecule has 2 atom stereocenters. The number of aliphatic hydroxyl groups is 1. The van der Waals surface area contributed by atoms with Crippen molar-refractivity contribution in [1.29, 1.82) is 0 Å². The lowest BCUT2D eigenvalue weighted by Crippen LogP contribution is -2.44. The van der Waals surface area contributed by atoms with Gasteiger partial charge in [-0.3, -0.25) is 9.69 Å². The molecule has 2 saturated carbocycles. The molecule has 4 aliphatic rings. The molecule has 0 spiro atoms. The second-order valence-electron chi connectivity index (χ2n) is 11.8. The van der Waals surface area contributed by atoms with E-state index >= 15 is 0 Å². The summed E-state index contributed by atoms with van der Waals surface area (Å²) in [6.07, 6.45) is 7.10. The van der Waals surface area contributed by atoms with Gasteiger partial charge in [-0.2, -0.15) is 0 Å². The highest BCUT2D eigenvalue weighted by atomic mass is 16.5. The van der Waals surface area contributed by atoms with E-state index in [2.05, 4.69) is 44.4 Å². The first-order chi connectivity index (χ1) is 18.5. The average Bonchev–Trinajstić information content (AvgIpc) is 3.19. The summed E-state index contributed by atoms with van der Waals surface area (Å²) in [5.41, 5.74) is 10.2. The summed E-state index contributed by atoms with van der Waals surface area (Å²) in [5.74, 6) is 0.805. The predicted octanol–water partition coefficient (Wildman–Crippen LogP) is 2.66. The molecule has 1 aromatic carbocycles. The standard InChI is InChI=1S/C30H41N5O3/c31-28-27(29(37)33-25-5-7-26(36)8-6-25)17-22(18-32-28)21-1-3-23(4-2-21)30-10-9-24(30)19-35(20-30)12-11-34-13-15-38-16-14-34/h1-4,17-18,24-26,36H,5-16,19-20H2,(H2,31,32)(H,33,37)/t24-,25-,26-,30+/m1/s1. The maximum absolute atomic E-state index is 13.0. The molecular formula is C30H41N5O3. The Balaban J connectivity index is 1.11. The van der Waals surface area contributed by atoms with E-state index < -0.39 is 0 Å². The molecule has 0 radical (unpaired) electrons. The molecule has 6 rings (SSSR count). The lowest BCUT2D eigenvalue weighted by atomic mass is 9.58. The number of nitrogens with two attached hydrogens (primary N) is 1. The van der Waals surface area contributed by atoms with Crippen LogP contribution in [-0.4, -0.2) is 90.4 Å². The second-order valence-corrected chi connectivity index (χ2v) is 11.8. The van der Waals surface area contributed by atoms with Crippen molar-refractivity contribution in [3.63, 3.8) is 0 Å². The monoisotopic (exact) mass is 519 g/mol. The van der Waals surface area contributed by atoms with Crippen LogP contribution >= 0.6 is 0 Å². The zero-order valence-electron chi connectivity index (χ0n) is 22.3. The first-order valence-corrected chi connectivity index (χ1v) is 14.4. The first-order valence-electron chi connectivity index (χ1n) is 14.4. The number of rotatable bonds is 7. The molecule has 1 aromatic heterocycles. The van der Waals surface area contributed by atoms with Gasteiger partial charge in [0, 0.05) is 62.5 Å². The molecule has 204 valence electrons. The molecule has 2 aliphatic carbocycles. The number of hydrogen-bond donors (Lipinski definition) is 3. The number of carbonyl (C=O) groups excluding carboxylic acids is 1. The highest BCUT2D eigenvalue weighted by molar-refractivity contribution is 5.99. The van der Waals surface area contributed by atoms with Gasteiger partial charge in [-0.25, -0.2) is 4.98 Å². The van der Waals surface area contributed by atoms with Crippen LogP contribution in [0.5, 0.6) is 0 Å². The number of aromatic nitrogens is 1. The van der Waals surface area contributed by atoms with Gasteiger partial charge in [0.1, 0.15) is 5.82 Å². The summed E-state index contributed by atoms with van der Waals surface area (Å²) in [7, 11) is 0. The smallest absolute Gasteiger partial charge is 0.255 e. The Morgan fingerprint density at radius 3 is 2.50 bits per heavy atom. The molecule has 2 aromatic rings. The minimum atomic E-state index is -0.252. The van der Waals surface area contributed by atoms with Crippen molar-refractivity contribution >= 4 is 11.7 Å². The van der Waals surface area contributed by atoms with E-state index in [9.17, 15) is 9.90 Å². The summed E-state index contributed by atoms with van der Waals surface area (Å²) >= 11 is 0. The number of benzene rings is 1. The van der Waals surface area contributed by atoms with Crippen LogP contribution in [0.25, 0.3) is 11.1 Å². The number of anilines is 1. The Morgan fingerprint density at radius 2 is 1.79 bits per heavy atom. The SMILES string of the molecule is Nc1ncc(-c2ccc([C@@]34CC[C@@H]3CN(CCN3CCOCC3)C4)cc2)cc1C(=O)N[C@H]1CC[C@H](O)CC1. The molecule has 8 nitrogen and oxygen atoms in total. The Labute approximate surface area is 225 Å². The van der Waals surface area contributed by atoms with Crippen molar-refractivity contribution in [2.75, 3.05) is 58.2 Å². The fourth-order valence-electron chi connectivity index (χ4n) is 6.99. The van der Waals surface area contributed by atoms with E-state index in [4.69, 9.17) is 10.5 Å². The van der Waals surface area contributed by atoms with Gasteiger partial charge in [0.25, 0.3) is 5.91 Å². The molecule has 4 fully saturated rings. The molecule has 8 heteroatoms. The average molecular weight is 520 g/mol. The van der Waals surface area contributed by atoms with Gasteiger partial charge in [-0.1, -0.05) is 24.3 Å². The van der Waals surface area contributed by atoms with Crippen LogP contribution < -0.4 is 11.1 Å². The van der Waals surface area contributed by atoms with E-state index in [0.29, 0.717) is 5.56 Å². The van der Waals surface area contributed by atoms with Crippen LogP contribution in [0.4, 0.5) is 5.82 Å². The van der Waals surface area contributed by atoms with Crippen molar-refractivity contribution in [2.45, 2.75) is 56.1 Å². The minimum Gasteiger partial charge on any atom is -0.393 e. The number of hydrogen-bond acceptors (Lipinski definition) is 7. The molecule has 1 amide bonds. The van der Waals surface area contributed by atoms with Crippen LogP contribution in [0.2, 0.25) is 0 Å². The normalized spacial score (nSPS) is 30.0. The maximum Gasteiger partial charge on any atom is 0.255 e. The molecular weight excluding hydrogens is 478 g/mol. The summed E-state index contributed by atoms with van der Waals surface area (Å²) < 4.78 is 5.50. The van der Waals surface area contributed by atoms with E-state index in [0.717, 1.165) is 88.7 Å². The van der Waals surface area contributed by atoms with Gasteiger partial charge in [0.2, 0.25) is 0 Å². The third-order valence-electron chi connectivity index (χ3n) is 9.53. The summed E-state index contributed by atoms with van der Waals surface area (Å²) in [6.45, 7) is 8.45. The summed E-state index contributed by atoms with van der Waals surface area (Å²) in [4.78, 5) is 22.5.